The molecule has 158 valence electrons. The van der Waals surface area contributed by atoms with Crippen molar-refractivity contribution in [3.05, 3.63) is 65.2 Å². The van der Waals surface area contributed by atoms with E-state index in [1.54, 1.807) is 49.5 Å². The second-order valence-electron chi connectivity index (χ2n) is 7.26. The van der Waals surface area contributed by atoms with E-state index in [0.29, 0.717) is 11.1 Å². The average Bonchev–Trinajstić information content (AvgIpc) is 3.00. The monoisotopic (exact) mass is 428 g/mol. The minimum absolute atomic E-state index is 0.148. The van der Waals surface area contributed by atoms with Crippen LogP contribution >= 0.6 is 0 Å². The lowest BCUT2D eigenvalue weighted by Gasteiger charge is -2.17. The van der Waals surface area contributed by atoms with E-state index in [1.165, 1.54) is 6.07 Å². The van der Waals surface area contributed by atoms with Crippen LogP contribution in [0.1, 0.15) is 35.3 Å². The van der Waals surface area contributed by atoms with Gasteiger partial charge in [0, 0.05) is 24.7 Å². The zero-order chi connectivity index (χ0) is 21.9. The van der Waals surface area contributed by atoms with Crippen LogP contribution in [0.25, 0.3) is 0 Å². The molecule has 0 aliphatic carbocycles. The highest BCUT2D eigenvalue weighted by Crippen LogP contribution is 2.23. The third-order valence-corrected chi connectivity index (χ3v) is 6.14. The number of fused-ring (bicyclic) bond motifs is 1. The molecule has 2 aromatic rings. The van der Waals surface area contributed by atoms with Crippen molar-refractivity contribution < 1.29 is 18.0 Å². The fraction of sp³-hybridized carbons (Fsp3) is 0.286. The van der Waals surface area contributed by atoms with E-state index in [9.17, 15) is 18.0 Å². The molecule has 0 bridgehead atoms. The van der Waals surface area contributed by atoms with Crippen molar-refractivity contribution in [3.63, 3.8) is 0 Å². The van der Waals surface area contributed by atoms with Gasteiger partial charge in [-0.2, -0.15) is 0 Å². The van der Waals surface area contributed by atoms with Crippen LogP contribution in [0.4, 0.5) is 0 Å². The second-order valence-corrected chi connectivity index (χ2v) is 8.91. The van der Waals surface area contributed by atoms with Crippen LogP contribution in [0.3, 0.4) is 0 Å². The smallest absolute Gasteiger partial charge is 0.263 e. The van der Waals surface area contributed by atoms with Gasteiger partial charge in [0.25, 0.3) is 15.9 Å². The highest BCUT2D eigenvalue weighted by molar-refractivity contribution is 7.90. The lowest BCUT2D eigenvalue weighted by Crippen LogP contribution is -2.38. The number of amidine groups is 1. The molecule has 0 radical (unpaired) electrons. The number of benzene rings is 2. The summed E-state index contributed by atoms with van der Waals surface area (Å²) in [6.45, 7) is 3.97. The standard InChI is InChI=1S/C21H24N4O4S/c1-13(2)18(24-19-16-6-4-5-7-17(16)30(28,29)25-19)21(27)23-12-14-8-10-15(11-9-14)20(26)22-3/h4-11,13,18H,12H2,1-3H3,(H,22,26)(H,23,27)(H,24,25)/t18-/m0/s1. The maximum absolute atomic E-state index is 12.8. The molecule has 3 rings (SSSR count). The fourth-order valence-corrected chi connectivity index (χ4v) is 4.33. The Morgan fingerprint density at radius 3 is 2.37 bits per heavy atom. The number of sulfonamides is 1. The first-order chi connectivity index (χ1) is 14.2. The van der Waals surface area contributed by atoms with Crippen molar-refractivity contribution in [3.8, 4) is 0 Å². The minimum Gasteiger partial charge on any atom is -0.355 e. The molecular formula is C21H24N4O4S. The first-order valence-electron chi connectivity index (χ1n) is 9.51. The molecule has 9 heteroatoms. The van der Waals surface area contributed by atoms with E-state index in [0.717, 1.165) is 5.56 Å². The molecule has 0 unspecified atom stereocenters. The fourth-order valence-electron chi connectivity index (χ4n) is 3.09. The Morgan fingerprint density at radius 1 is 1.07 bits per heavy atom. The molecule has 1 aliphatic heterocycles. The summed E-state index contributed by atoms with van der Waals surface area (Å²) < 4.78 is 27.0. The van der Waals surface area contributed by atoms with E-state index in [-0.39, 0.29) is 35.0 Å². The molecule has 1 atom stereocenters. The van der Waals surface area contributed by atoms with E-state index < -0.39 is 16.1 Å². The van der Waals surface area contributed by atoms with Crippen molar-refractivity contribution in [2.75, 3.05) is 7.05 Å². The van der Waals surface area contributed by atoms with E-state index in [1.807, 2.05) is 13.8 Å². The van der Waals surface area contributed by atoms with Gasteiger partial charge in [-0.05, 0) is 35.7 Å². The molecular weight excluding hydrogens is 404 g/mol. The van der Waals surface area contributed by atoms with Crippen LogP contribution in [-0.4, -0.2) is 39.2 Å². The average molecular weight is 429 g/mol. The predicted molar refractivity (Wildman–Crippen MR) is 114 cm³/mol. The van der Waals surface area contributed by atoms with Crippen molar-refractivity contribution in [1.29, 1.82) is 0 Å². The largest absolute Gasteiger partial charge is 0.355 e. The highest BCUT2D eigenvalue weighted by atomic mass is 32.2. The summed E-state index contributed by atoms with van der Waals surface area (Å²) in [5.41, 5.74) is 1.82. The topological polar surface area (TPSA) is 117 Å². The third-order valence-electron chi connectivity index (χ3n) is 4.74. The summed E-state index contributed by atoms with van der Waals surface area (Å²) in [5.74, 6) is -0.461. The van der Waals surface area contributed by atoms with Gasteiger partial charge in [-0.15, -0.1) is 0 Å². The van der Waals surface area contributed by atoms with Gasteiger partial charge < -0.3 is 10.6 Å². The van der Waals surface area contributed by atoms with Gasteiger partial charge in [0.05, 0.1) is 4.90 Å². The van der Waals surface area contributed by atoms with Crippen LogP contribution in [0.5, 0.6) is 0 Å². The summed E-state index contributed by atoms with van der Waals surface area (Å²) in [6.07, 6.45) is 0. The van der Waals surface area contributed by atoms with Gasteiger partial charge in [0.15, 0.2) is 0 Å². The molecule has 0 saturated carbocycles. The molecule has 0 saturated heterocycles. The molecule has 2 aromatic carbocycles. The maximum Gasteiger partial charge on any atom is 0.263 e. The first kappa shape index (κ1) is 21.5. The van der Waals surface area contributed by atoms with Gasteiger partial charge in [-0.3, -0.25) is 19.3 Å². The van der Waals surface area contributed by atoms with Crippen molar-refractivity contribution in [1.82, 2.24) is 15.4 Å². The summed E-state index contributed by atoms with van der Waals surface area (Å²) in [4.78, 5) is 29.0. The molecule has 2 amide bonds. The number of amides is 2. The van der Waals surface area contributed by atoms with E-state index in [2.05, 4.69) is 20.3 Å². The maximum atomic E-state index is 12.8. The Morgan fingerprint density at radius 2 is 1.73 bits per heavy atom. The molecule has 1 aliphatic rings. The number of hydrogen-bond acceptors (Lipinski definition) is 5. The number of rotatable bonds is 6. The highest BCUT2D eigenvalue weighted by Gasteiger charge is 2.32. The van der Waals surface area contributed by atoms with Crippen molar-refractivity contribution in [2.45, 2.75) is 31.3 Å². The van der Waals surface area contributed by atoms with Crippen LogP contribution in [0.15, 0.2) is 58.4 Å². The van der Waals surface area contributed by atoms with Gasteiger partial charge in [0.2, 0.25) is 5.91 Å². The summed E-state index contributed by atoms with van der Waals surface area (Å²) >= 11 is 0. The number of carbonyl (C=O) groups is 2. The van der Waals surface area contributed by atoms with Gasteiger partial charge >= 0.3 is 0 Å². The number of aliphatic imine (C=N–C) groups is 1. The molecule has 0 spiro atoms. The molecule has 30 heavy (non-hydrogen) atoms. The minimum atomic E-state index is -3.67. The predicted octanol–water partition coefficient (Wildman–Crippen LogP) is 1.43. The molecule has 1 heterocycles. The molecule has 8 nitrogen and oxygen atoms in total. The first-order valence-corrected chi connectivity index (χ1v) is 11.0. The Bertz CT molecular complexity index is 1090. The molecule has 0 aromatic heterocycles. The van der Waals surface area contributed by atoms with Gasteiger partial charge in [0.1, 0.15) is 11.9 Å². The van der Waals surface area contributed by atoms with Crippen LogP contribution in [0, 0.1) is 5.92 Å². The van der Waals surface area contributed by atoms with Crippen LogP contribution in [0.2, 0.25) is 0 Å². The van der Waals surface area contributed by atoms with Crippen molar-refractivity contribution in [2.24, 2.45) is 10.9 Å². The SMILES string of the molecule is CNC(=O)c1ccc(CNC(=O)[C@@H](N=C2NS(=O)(=O)c3ccccc32)C(C)C)cc1. The number of hydrogen-bond donors (Lipinski definition) is 3. The van der Waals surface area contributed by atoms with Gasteiger partial charge in [-0.25, -0.2) is 8.42 Å². The number of nitrogens with one attached hydrogen (secondary N) is 3. The molecule has 3 N–H and O–H groups in total. The normalized spacial score (nSPS) is 16.6. The van der Waals surface area contributed by atoms with Crippen LogP contribution < -0.4 is 15.4 Å². The number of carbonyl (C=O) groups excluding carboxylic acids is 2. The van der Waals surface area contributed by atoms with Gasteiger partial charge in [-0.1, -0.05) is 38.1 Å². The summed E-state index contributed by atoms with van der Waals surface area (Å²) in [5, 5.41) is 5.39. The lowest BCUT2D eigenvalue weighted by molar-refractivity contribution is -0.123. The zero-order valence-electron chi connectivity index (χ0n) is 17.0. The lowest BCUT2D eigenvalue weighted by atomic mass is 10.0. The Kier molecular flexibility index (Phi) is 6.21. The van der Waals surface area contributed by atoms with E-state index in [4.69, 9.17) is 0 Å². The second kappa shape index (κ2) is 8.66. The summed E-state index contributed by atoms with van der Waals surface area (Å²) in [7, 11) is -2.10. The van der Waals surface area contributed by atoms with Crippen molar-refractivity contribution >= 4 is 27.7 Å². The number of nitrogens with zero attached hydrogens (tertiary/aromatic N) is 1. The Balaban J connectivity index is 1.75. The summed E-state index contributed by atoms with van der Waals surface area (Å²) in [6, 6.07) is 12.7. The third kappa shape index (κ3) is 4.51. The Labute approximate surface area is 175 Å². The van der Waals surface area contributed by atoms with Crippen LogP contribution in [-0.2, 0) is 21.4 Å². The quantitative estimate of drug-likeness (QED) is 0.645. The van der Waals surface area contributed by atoms with E-state index >= 15 is 0 Å². The molecule has 0 fully saturated rings. The Hall–Kier alpha value is -3.20. The zero-order valence-corrected chi connectivity index (χ0v) is 17.8.